The average molecular weight is 470 g/mol. The van der Waals surface area contributed by atoms with Crippen LogP contribution in [0, 0.1) is 0 Å². The number of halogens is 1. The van der Waals surface area contributed by atoms with Crippen LogP contribution < -0.4 is 15.4 Å². The quantitative estimate of drug-likeness (QED) is 0.436. The molecule has 2 aromatic carbocycles. The number of carbonyl (C=O) groups is 2. The van der Waals surface area contributed by atoms with Gasteiger partial charge in [0.2, 0.25) is 0 Å². The number of rotatable bonds is 8. The first-order chi connectivity index (χ1) is 14.5. The molecule has 3 N–H and O–H groups in total. The summed E-state index contributed by atoms with van der Waals surface area (Å²) in [5.41, 5.74) is 1.79. The van der Waals surface area contributed by atoms with Crippen LogP contribution in [0.2, 0.25) is 0 Å². The van der Waals surface area contributed by atoms with Gasteiger partial charge in [-0.15, -0.1) is 0 Å². The van der Waals surface area contributed by atoms with Gasteiger partial charge in [0.15, 0.2) is 0 Å². The topological polar surface area (TPSA) is 101 Å². The molecule has 0 aliphatic rings. The van der Waals surface area contributed by atoms with E-state index >= 15 is 0 Å². The summed E-state index contributed by atoms with van der Waals surface area (Å²) in [6.07, 6.45) is 3.40. The first-order valence-electron chi connectivity index (χ1n) is 9.21. The van der Waals surface area contributed by atoms with Gasteiger partial charge in [-0.05, 0) is 54.1 Å². The van der Waals surface area contributed by atoms with Gasteiger partial charge in [-0.1, -0.05) is 28.1 Å². The average Bonchev–Trinajstić information content (AvgIpc) is 2.75. The predicted octanol–water partition coefficient (Wildman–Crippen LogP) is 4.87. The Hall–Kier alpha value is -3.39. The number of nitrogens with zero attached hydrogens (tertiary/aromatic N) is 1. The van der Waals surface area contributed by atoms with Crippen LogP contribution in [-0.2, 0) is 0 Å². The fraction of sp³-hybridized carbons (Fsp3) is 0.136. The van der Waals surface area contributed by atoms with E-state index in [4.69, 9.17) is 9.84 Å². The second kappa shape index (κ2) is 10.4. The molecule has 154 valence electrons. The molecule has 0 aliphatic heterocycles. The number of aromatic nitrogens is 1. The lowest BCUT2D eigenvalue weighted by Crippen LogP contribution is -2.30. The molecule has 0 bridgehead atoms. The summed E-state index contributed by atoms with van der Waals surface area (Å²) in [7, 11) is 0. The Kier molecular flexibility index (Phi) is 7.40. The summed E-state index contributed by atoms with van der Waals surface area (Å²) >= 11 is 3.42. The third-order valence-electron chi connectivity index (χ3n) is 4.25. The Balaban J connectivity index is 1.63. The minimum Gasteiger partial charge on any atom is -0.486 e. The van der Waals surface area contributed by atoms with Gasteiger partial charge in [0.05, 0.1) is 5.56 Å². The number of hydrogen-bond donors (Lipinski definition) is 3. The summed E-state index contributed by atoms with van der Waals surface area (Å²) in [4.78, 5) is 27.0. The molecule has 0 saturated carbocycles. The van der Waals surface area contributed by atoms with E-state index in [1.54, 1.807) is 36.7 Å². The second-order valence-corrected chi connectivity index (χ2v) is 7.31. The van der Waals surface area contributed by atoms with Crippen molar-refractivity contribution in [2.75, 3.05) is 11.9 Å². The van der Waals surface area contributed by atoms with Crippen LogP contribution in [-0.4, -0.2) is 28.6 Å². The highest BCUT2D eigenvalue weighted by Gasteiger charge is 2.15. The summed E-state index contributed by atoms with van der Waals surface area (Å²) in [6.45, 7) is 0.380. The SMILES string of the molecule is O=C(NCCC(Oc1ccc(C(=O)O)cc1)c1ccc(Br)cc1)Nc1ccncc1. The number of amides is 2. The molecular weight excluding hydrogens is 450 g/mol. The van der Waals surface area contributed by atoms with Crippen molar-refractivity contribution in [2.45, 2.75) is 12.5 Å². The van der Waals surface area contributed by atoms with Crippen molar-refractivity contribution >= 4 is 33.6 Å². The molecule has 1 heterocycles. The normalized spacial score (nSPS) is 11.4. The van der Waals surface area contributed by atoms with Crippen LogP contribution in [0.4, 0.5) is 10.5 Å². The molecule has 3 aromatic rings. The van der Waals surface area contributed by atoms with Crippen molar-refractivity contribution in [1.82, 2.24) is 10.3 Å². The fourth-order valence-electron chi connectivity index (χ4n) is 2.74. The maximum Gasteiger partial charge on any atom is 0.335 e. The number of carbonyl (C=O) groups excluding carboxylic acids is 1. The zero-order valence-corrected chi connectivity index (χ0v) is 17.5. The van der Waals surface area contributed by atoms with E-state index in [1.807, 2.05) is 24.3 Å². The van der Waals surface area contributed by atoms with Gasteiger partial charge < -0.3 is 20.5 Å². The lowest BCUT2D eigenvalue weighted by molar-refractivity contribution is 0.0697. The van der Waals surface area contributed by atoms with Crippen molar-refractivity contribution in [3.8, 4) is 5.75 Å². The predicted molar refractivity (Wildman–Crippen MR) is 117 cm³/mol. The number of anilines is 1. The molecule has 0 fully saturated rings. The number of nitrogens with one attached hydrogen (secondary N) is 2. The van der Waals surface area contributed by atoms with E-state index < -0.39 is 5.97 Å². The number of benzene rings is 2. The van der Waals surface area contributed by atoms with Gasteiger partial charge in [0.25, 0.3) is 0 Å². The van der Waals surface area contributed by atoms with Gasteiger partial charge in [0.1, 0.15) is 11.9 Å². The number of hydrogen-bond acceptors (Lipinski definition) is 4. The third-order valence-corrected chi connectivity index (χ3v) is 4.78. The molecule has 0 saturated heterocycles. The smallest absolute Gasteiger partial charge is 0.335 e. The fourth-order valence-corrected chi connectivity index (χ4v) is 3.00. The van der Waals surface area contributed by atoms with Crippen LogP contribution in [0.5, 0.6) is 5.75 Å². The van der Waals surface area contributed by atoms with Gasteiger partial charge in [-0.3, -0.25) is 4.98 Å². The van der Waals surface area contributed by atoms with Crippen LogP contribution in [0.25, 0.3) is 0 Å². The Labute approximate surface area is 182 Å². The number of carboxylic acid groups (broad SMARTS) is 1. The minimum absolute atomic E-state index is 0.192. The van der Waals surface area contributed by atoms with Crippen molar-refractivity contribution in [3.05, 3.63) is 88.7 Å². The maximum absolute atomic E-state index is 12.1. The highest BCUT2D eigenvalue weighted by molar-refractivity contribution is 9.10. The van der Waals surface area contributed by atoms with E-state index in [9.17, 15) is 9.59 Å². The molecular formula is C22H20BrN3O4. The molecule has 8 heteroatoms. The largest absolute Gasteiger partial charge is 0.486 e. The van der Waals surface area contributed by atoms with E-state index in [0.29, 0.717) is 24.4 Å². The van der Waals surface area contributed by atoms with Gasteiger partial charge in [-0.25, -0.2) is 9.59 Å². The zero-order valence-electron chi connectivity index (χ0n) is 15.9. The van der Waals surface area contributed by atoms with Crippen molar-refractivity contribution in [2.24, 2.45) is 0 Å². The monoisotopic (exact) mass is 469 g/mol. The standard InChI is InChI=1S/C22H20BrN3O4/c23-17-5-1-15(2-6-17)20(30-19-7-3-16(4-8-19)21(27)28)11-14-25-22(29)26-18-9-12-24-13-10-18/h1-10,12-13,20H,11,14H2,(H,27,28)(H2,24,25,26,29). The molecule has 1 unspecified atom stereocenters. The summed E-state index contributed by atoms with van der Waals surface area (Å²) in [5, 5.41) is 14.6. The number of ether oxygens (including phenoxy) is 1. The van der Waals surface area contributed by atoms with E-state index in [0.717, 1.165) is 10.0 Å². The van der Waals surface area contributed by atoms with Crippen molar-refractivity contribution in [3.63, 3.8) is 0 Å². The number of aromatic carboxylic acids is 1. The molecule has 1 aromatic heterocycles. The zero-order chi connectivity index (χ0) is 21.3. The molecule has 30 heavy (non-hydrogen) atoms. The second-order valence-electron chi connectivity index (χ2n) is 6.39. The van der Waals surface area contributed by atoms with E-state index in [1.165, 1.54) is 12.1 Å². The molecule has 2 amide bonds. The number of pyridine rings is 1. The summed E-state index contributed by atoms with van der Waals surface area (Å²) in [5.74, 6) is -0.440. The molecule has 3 rings (SSSR count). The Morgan fingerprint density at radius 1 is 1.00 bits per heavy atom. The van der Waals surface area contributed by atoms with E-state index in [2.05, 4.69) is 31.5 Å². The molecule has 0 spiro atoms. The first kappa shape index (κ1) is 21.3. The Morgan fingerprint density at radius 2 is 1.67 bits per heavy atom. The van der Waals surface area contributed by atoms with Crippen LogP contribution in [0.1, 0.15) is 28.4 Å². The summed E-state index contributed by atoms with van der Waals surface area (Å²) < 4.78 is 7.04. The van der Waals surface area contributed by atoms with Gasteiger partial charge in [-0.2, -0.15) is 0 Å². The number of carboxylic acids is 1. The molecule has 0 aliphatic carbocycles. The van der Waals surface area contributed by atoms with Gasteiger partial charge in [0, 0.05) is 35.5 Å². The lowest BCUT2D eigenvalue weighted by Gasteiger charge is -2.20. The molecule has 1 atom stereocenters. The van der Waals surface area contributed by atoms with Crippen molar-refractivity contribution < 1.29 is 19.4 Å². The first-order valence-corrected chi connectivity index (χ1v) is 10.0. The molecule has 7 nitrogen and oxygen atoms in total. The Morgan fingerprint density at radius 3 is 2.30 bits per heavy atom. The highest BCUT2D eigenvalue weighted by Crippen LogP contribution is 2.26. The maximum atomic E-state index is 12.1. The number of urea groups is 1. The van der Waals surface area contributed by atoms with Crippen LogP contribution >= 0.6 is 15.9 Å². The van der Waals surface area contributed by atoms with Gasteiger partial charge >= 0.3 is 12.0 Å². The summed E-state index contributed by atoms with van der Waals surface area (Å²) in [6, 6.07) is 17.1. The van der Waals surface area contributed by atoms with E-state index in [-0.39, 0.29) is 17.7 Å². The van der Waals surface area contributed by atoms with Crippen molar-refractivity contribution in [1.29, 1.82) is 0 Å². The highest BCUT2D eigenvalue weighted by atomic mass is 79.9. The lowest BCUT2D eigenvalue weighted by atomic mass is 10.1. The molecule has 0 radical (unpaired) electrons. The van der Waals surface area contributed by atoms with Crippen LogP contribution in [0.3, 0.4) is 0 Å². The third kappa shape index (κ3) is 6.31. The Bertz CT molecular complexity index is 980. The van der Waals surface area contributed by atoms with Crippen LogP contribution in [0.15, 0.2) is 77.5 Å². The minimum atomic E-state index is -0.990.